The van der Waals surface area contributed by atoms with Gasteiger partial charge in [0.25, 0.3) is 0 Å². The molecule has 0 saturated heterocycles. The van der Waals surface area contributed by atoms with E-state index in [1.54, 1.807) is 0 Å². The van der Waals surface area contributed by atoms with Crippen LogP contribution >= 0.6 is 15.6 Å². The van der Waals surface area contributed by atoms with Crippen molar-refractivity contribution in [3.8, 4) is 0 Å². The monoisotopic (exact) mass is 1580 g/mol. The zero-order valence-electron chi connectivity index (χ0n) is 71.5. The van der Waals surface area contributed by atoms with Crippen LogP contribution in [0.5, 0.6) is 0 Å². The fourth-order valence-electron chi connectivity index (χ4n) is 13.8. The van der Waals surface area contributed by atoms with E-state index in [1.165, 1.54) is 263 Å². The van der Waals surface area contributed by atoms with Crippen LogP contribution in [0.15, 0.2) is 0 Å². The predicted molar refractivity (Wildman–Crippen MR) is 446 cm³/mol. The van der Waals surface area contributed by atoms with Gasteiger partial charge in [-0.05, 0) is 49.4 Å². The highest BCUT2D eigenvalue weighted by Crippen LogP contribution is 2.45. The van der Waals surface area contributed by atoms with Crippen LogP contribution in [-0.4, -0.2) is 96.7 Å². The lowest BCUT2D eigenvalue weighted by atomic mass is 9.99. The molecule has 19 heteroatoms. The first-order valence-electron chi connectivity index (χ1n) is 45.8. The number of aliphatic hydroxyl groups is 1. The molecule has 4 unspecified atom stereocenters. The Kier molecular flexibility index (Phi) is 76.2. The standard InChI is InChI=1S/C89H174O17P2/c1-9-81(7)67-59-51-43-37-31-24-20-16-12-14-18-22-26-34-40-46-55-63-71-88(93)105-84(75-99-86(91)69-61-53-44-38-32-28-27-30-36-42-50-58-66-80(5)6)77-103-107(95,96)101-73-83(90)74-102-108(97,98)104-78-85(76-100-87(92)70-62-54-48-47-52-60-68-82(8)10-2)106-89(94)72-64-56-45-39-33-25-21-17-13-11-15-19-23-29-35-41-49-57-65-79(3)4/h79-85,90H,9-78H2,1-8H3,(H,95,96)(H,97,98)/t81?,82?,83-,84-,85-/m1/s1. The van der Waals surface area contributed by atoms with Crippen LogP contribution < -0.4 is 0 Å². The van der Waals surface area contributed by atoms with Crippen LogP contribution in [0.1, 0.15) is 466 Å². The summed E-state index contributed by atoms with van der Waals surface area (Å²) in [6, 6.07) is 0. The summed E-state index contributed by atoms with van der Waals surface area (Å²) < 4.78 is 69.0. The first-order valence-corrected chi connectivity index (χ1v) is 48.8. The SMILES string of the molecule is CCC(C)CCCCCCCCCCCCCCCCCCCCC(=O)O[C@H](COC(=O)CCCCCCCCCCCCCCC(C)C)COP(=O)(O)OC[C@@H](O)COP(=O)(O)OC[C@@H](COC(=O)CCCCCCCCC(C)CC)OC(=O)CCCCCCCCCCCCCCCCCCCCC(C)C. The summed E-state index contributed by atoms with van der Waals surface area (Å²) in [5.41, 5.74) is 0. The van der Waals surface area contributed by atoms with Gasteiger partial charge in [0.2, 0.25) is 0 Å². The van der Waals surface area contributed by atoms with Crippen LogP contribution in [0.4, 0.5) is 0 Å². The van der Waals surface area contributed by atoms with Gasteiger partial charge < -0.3 is 33.8 Å². The van der Waals surface area contributed by atoms with E-state index < -0.39 is 97.5 Å². The number of aliphatic hydroxyl groups excluding tert-OH is 1. The van der Waals surface area contributed by atoms with Crippen LogP contribution in [0.3, 0.4) is 0 Å². The fraction of sp³-hybridized carbons (Fsp3) is 0.955. The molecule has 108 heavy (non-hydrogen) atoms. The summed E-state index contributed by atoms with van der Waals surface area (Å²) in [6.45, 7) is 14.4. The summed E-state index contributed by atoms with van der Waals surface area (Å²) in [4.78, 5) is 73.3. The highest BCUT2D eigenvalue weighted by molar-refractivity contribution is 7.47. The van der Waals surface area contributed by atoms with Crippen LogP contribution in [0, 0.1) is 23.7 Å². The molecule has 0 rings (SSSR count). The summed E-state index contributed by atoms with van der Waals surface area (Å²) in [5, 5.41) is 10.7. The fourth-order valence-corrected chi connectivity index (χ4v) is 15.4. The molecule has 0 bridgehead atoms. The van der Waals surface area contributed by atoms with Crippen LogP contribution in [0.2, 0.25) is 0 Å². The number of unbranched alkanes of at least 4 members (excludes halogenated alkanes) is 50. The van der Waals surface area contributed by atoms with Crippen molar-refractivity contribution in [2.24, 2.45) is 23.7 Å². The van der Waals surface area contributed by atoms with Gasteiger partial charge in [-0.1, -0.05) is 415 Å². The molecule has 0 aromatic heterocycles. The lowest BCUT2D eigenvalue weighted by Gasteiger charge is -2.21. The maximum atomic E-state index is 13.2. The summed E-state index contributed by atoms with van der Waals surface area (Å²) in [5.74, 6) is 1.10. The first kappa shape index (κ1) is 106. The number of carbonyl (C=O) groups is 4. The van der Waals surface area contributed by atoms with E-state index in [9.17, 15) is 43.2 Å². The highest BCUT2D eigenvalue weighted by atomic mass is 31.2. The Balaban J connectivity index is 5.20. The zero-order chi connectivity index (χ0) is 79.5. The predicted octanol–water partition coefficient (Wildman–Crippen LogP) is 27.1. The van der Waals surface area contributed by atoms with Crippen molar-refractivity contribution in [1.29, 1.82) is 0 Å². The third-order valence-electron chi connectivity index (χ3n) is 21.5. The lowest BCUT2D eigenvalue weighted by molar-refractivity contribution is -0.161. The van der Waals surface area contributed by atoms with Crippen molar-refractivity contribution < 1.29 is 80.2 Å². The van der Waals surface area contributed by atoms with E-state index in [4.69, 9.17) is 37.0 Å². The van der Waals surface area contributed by atoms with Crippen molar-refractivity contribution in [3.63, 3.8) is 0 Å². The van der Waals surface area contributed by atoms with Gasteiger partial charge in [-0.25, -0.2) is 9.13 Å². The zero-order valence-corrected chi connectivity index (χ0v) is 73.3. The number of hydrogen-bond acceptors (Lipinski definition) is 15. The van der Waals surface area contributed by atoms with Crippen molar-refractivity contribution >= 4 is 39.5 Å². The Morgan fingerprint density at radius 1 is 0.259 bits per heavy atom. The number of esters is 4. The van der Waals surface area contributed by atoms with E-state index >= 15 is 0 Å². The highest BCUT2D eigenvalue weighted by Gasteiger charge is 2.31. The Morgan fingerprint density at radius 3 is 0.657 bits per heavy atom. The minimum atomic E-state index is -4.97. The van der Waals surface area contributed by atoms with Gasteiger partial charge in [-0.15, -0.1) is 0 Å². The third kappa shape index (κ3) is 79.3. The molecule has 0 heterocycles. The normalized spacial score (nSPS) is 14.4. The minimum Gasteiger partial charge on any atom is -0.462 e. The maximum Gasteiger partial charge on any atom is 0.472 e. The quantitative estimate of drug-likeness (QED) is 0.0222. The molecule has 0 aliphatic rings. The topological polar surface area (TPSA) is 237 Å². The maximum absolute atomic E-state index is 13.2. The largest absolute Gasteiger partial charge is 0.472 e. The van der Waals surface area contributed by atoms with Gasteiger partial charge >= 0.3 is 39.5 Å². The average Bonchev–Trinajstić information content (AvgIpc) is 0.900. The van der Waals surface area contributed by atoms with E-state index in [2.05, 4.69) is 55.4 Å². The second-order valence-electron chi connectivity index (χ2n) is 33.4. The molecule has 3 N–H and O–H groups in total. The second-order valence-corrected chi connectivity index (χ2v) is 36.3. The van der Waals surface area contributed by atoms with Crippen molar-refractivity contribution in [2.45, 2.75) is 485 Å². The molecule has 0 fully saturated rings. The number of ether oxygens (including phenoxy) is 4. The molecule has 0 aromatic carbocycles. The summed E-state index contributed by atoms with van der Waals surface area (Å²) in [7, 11) is -9.93. The summed E-state index contributed by atoms with van der Waals surface area (Å²) in [6.07, 6.45) is 68.1. The Bertz CT molecular complexity index is 2100. The van der Waals surface area contributed by atoms with Gasteiger partial charge in [0.1, 0.15) is 19.3 Å². The van der Waals surface area contributed by atoms with Crippen molar-refractivity contribution in [2.75, 3.05) is 39.6 Å². The molecule has 0 amide bonds. The minimum absolute atomic E-state index is 0.107. The van der Waals surface area contributed by atoms with Crippen LogP contribution in [0.25, 0.3) is 0 Å². The average molecular weight is 1580 g/mol. The molecule has 0 radical (unpaired) electrons. The summed E-state index contributed by atoms with van der Waals surface area (Å²) >= 11 is 0. The van der Waals surface area contributed by atoms with Gasteiger partial charge in [-0.3, -0.25) is 37.3 Å². The smallest absolute Gasteiger partial charge is 0.462 e. The Labute approximate surface area is 664 Å². The molecule has 0 aliphatic carbocycles. The Hall–Kier alpha value is -1.94. The van der Waals surface area contributed by atoms with Crippen molar-refractivity contribution in [3.05, 3.63) is 0 Å². The van der Waals surface area contributed by atoms with Gasteiger partial charge in [0.15, 0.2) is 12.2 Å². The molecule has 0 spiro atoms. The molecule has 0 aromatic rings. The van der Waals surface area contributed by atoms with Gasteiger partial charge in [0.05, 0.1) is 26.4 Å². The molecule has 7 atom stereocenters. The molecule has 0 aliphatic heterocycles. The van der Waals surface area contributed by atoms with Gasteiger partial charge in [0, 0.05) is 25.7 Å². The molecule has 0 saturated carbocycles. The number of phosphoric acid groups is 2. The van der Waals surface area contributed by atoms with E-state index in [0.29, 0.717) is 25.7 Å². The molecular weight excluding hydrogens is 1400 g/mol. The Morgan fingerprint density at radius 2 is 0.444 bits per heavy atom. The third-order valence-corrected chi connectivity index (χ3v) is 23.4. The first-order chi connectivity index (χ1) is 52.2. The van der Waals surface area contributed by atoms with Gasteiger partial charge in [-0.2, -0.15) is 0 Å². The van der Waals surface area contributed by atoms with E-state index in [-0.39, 0.29) is 25.7 Å². The molecule has 17 nitrogen and oxygen atoms in total. The van der Waals surface area contributed by atoms with E-state index in [1.807, 2.05) is 0 Å². The van der Waals surface area contributed by atoms with Crippen molar-refractivity contribution in [1.82, 2.24) is 0 Å². The van der Waals surface area contributed by atoms with E-state index in [0.717, 1.165) is 120 Å². The molecular formula is C89H174O17P2. The number of hydrogen-bond donors (Lipinski definition) is 3. The second kappa shape index (κ2) is 77.6. The number of carbonyl (C=O) groups excluding carboxylic acids is 4. The lowest BCUT2D eigenvalue weighted by Crippen LogP contribution is -2.30. The number of rotatable bonds is 86. The molecule has 642 valence electrons. The van der Waals surface area contributed by atoms with Crippen LogP contribution in [-0.2, 0) is 65.4 Å². The number of phosphoric ester groups is 2.